The Kier molecular flexibility index (Phi) is 5.33. The van der Waals surface area contributed by atoms with E-state index in [2.05, 4.69) is 14.7 Å². The summed E-state index contributed by atoms with van der Waals surface area (Å²) in [5.74, 6) is -0.907. The van der Waals surface area contributed by atoms with Crippen molar-refractivity contribution in [3.8, 4) is 11.4 Å². The summed E-state index contributed by atoms with van der Waals surface area (Å²) in [7, 11) is 1.42. The molecule has 8 heteroatoms. The van der Waals surface area contributed by atoms with Crippen molar-refractivity contribution < 1.29 is 22.9 Å². The first-order chi connectivity index (χ1) is 12.6. The SMILES string of the molecule is CON(Cc1ccc(-c2noc(C(F)F)n2)cc1)C(=O)c1ccccc1. The predicted octanol–water partition coefficient (Wildman–Crippen LogP) is 3.88. The summed E-state index contributed by atoms with van der Waals surface area (Å²) in [5.41, 5.74) is 1.83. The molecule has 0 bridgehead atoms. The van der Waals surface area contributed by atoms with Crippen molar-refractivity contribution in [1.82, 2.24) is 15.2 Å². The van der Waals surface area contributed by atoms with Crippen molar-refractivity contribution in [3.05, 3.63) is 71.6 Å². The molecular formula is C18H15F2N3O3. The Morgan fingerprint density at radius 3 is 2.42 bits per heavy atom. The van der Waals surface area contributed by atoms with Gasteiger partial charge in [-0.05, 0) is 17.7 Å². The topological polar surface area (TPSA) is 68.5 Å². The molecule has 0 aliphatic heterocycles. The molecule has 0 aliphatic rings. The summed E-state index contributed by atoms with van der Waals surface area (Å²) in [6.07, 6.45) is -2.81. The predicted molar refractivity (Wildman–Crippen MR) is 88.0 cm³/mol. The summed E-state index contributed by atoms with van der Waals surface area (Å²) >= 11 is 0. The smallest absolute Gasteiger partial charge is 0.315 e. The Labute approximate surface area is 148 Å². The molecule has 0 saturated carbocycles. The van der Waals surface area contributed by atoms with Gasteiger partial charge >= 0.3 is 6.43 Å². The minimum Gasteiger partial charge on any atom is -0.333 e. The van der Waals surface area contributed by atoms with Crippen LogP contribution in [0.2, 0.25) is 0 Å². The highest BCUT2D eigenvalue weighted by Crippen LogP contribution is 2.22. The van der Waals surface area contributed by atoms with Gasteiger partial charge in [0, 0.05) is 11.1 Å². The third-order valence-electron chi connectivity index (χ3n) is 3.63. The maximum Gasteiger partial charge on any atom is 0.315 e. The van der Waals surface area contributed by atoms with Crippen LogP contribution in [0.15, 0.2) is 59.1 Å². The van der Waals surface area contributed by atoms with Gasteiger partial charge in [0.1, 0.15) is 0 Å². The number of carbonyl (C=O) groups is 1. The van der Waals surface area contributed by atoms with Crippen molar-refractivity contribution >= 4 is 5.91 Å². The van der Waals surface area contributed by atoms with Gasteiger partial charge in [-0.1, -0.05) is 47.6 Å². The lowest BCUT2D eigenvalue weighted by Crippen LogP contribution is -2.29. The molecule has 0 spiro atoms. The molecular weight excluding hydrogens is 344 g/mol. The third kappa shape index (κ3) is 3.92. The van der Waals surface area contributed by atoms with Gasteiger partial charge in [0.15, 0.2) is 0 Å². The number of amides is 1. The summed E-state index contributed by atoms with van der Waals surface area (Å²) in [5, 5.41) is 4.76. The van der Waals surface area contributed by atoms with Gasteiger partial charge in [-0.2, -0.15) is 13.8 Å². The van der Waals surface area contributed by atoms with E-state index in [0.717, 1.165) is 5.56 Å². The summed E-state index contributed by atoms with van der Waals surface area (Å²) < 4.78 is 29.5. The van der Waals surface area contributed by atoms with E-state index in [4.69, 9.17) is 4.84 Å². The fourth-order valence-electron chi connectivity index (χ4n) is 2.31. The molecule has 1 heterocycles. The average Bonchev–Trinajstić information content (AvgIpc) is 3.17. The van der Waals surface area contributed by atoms with Gasteiger partial charge in [0.05, 0.1) is 13.7 Å². The quantitative estimate of drug-likeness (QED) is 0.625. The monoisotopic (exact) mass is 359 g/mol. The molecule has 0 N–H and O–H groups in total. The summed E-state index contributed by atoms with van der Waals surface area (Å²) in [4.78, 5) is 21.2. The highest BCUT2D eigenvalue weighted by atomic mass is 19.3. The van der Waals surface area contributed by atoms with Gasteiger partial charge in [0.25, 0.3) is 11.8 Å². The molecule has 0 radical (unpaired) electrons. The van der Waals surface area contributed by atoms with Crippen LogP contribution in [0.5, 0.6) is 0 Å². The van der Waals surface area contributed by atoms with Crippen molar-refractivity contribution in [1.29, 1.82) is 0 Å². The molecule has 0 saturated heterocycles. The van der Waals surface area contributed by atoms with E-state index in [1.165, 1.54) is 12.2 Å². The highest BCUT2D eigenvalue weighted by Gasteiger charge is 2.18. The van der Waals surface area contributed by atoms with E-state index in [0.29, 0.717) is 11.1 Å². The molecule has 1 amide bonds. The molecule has 26 heavy (non-hydrogen) atoms. The van der Waals surface area contributed by atoms with Gasteiger partial charge in [0.2, 0.25) is 5.82 Å². The number of alkyl halides is 2. The average molecular weight is 359 g/mol. The molecule has 3 rings (SSSR count). The van der Waals surface area contributed by atoms with Crippen LogP contribution >= 0.6 is 0 Å². The number of benzene rings is 2. The molecule has 0 aliphatic carbocycles. The maximum absolute atomic E-state index is 12.5. The largest absolute Gasteiger partial charge is 0.333 e. The summed E-state index contributed by atoms with van der Waals surface area (Å²) in [6, 6.07) is 15.6. The Morgan fingerprint density at radius 2 is 1.85 bits per heavy atom. The molecule has 1 aromatic heterocycles. The third-order valence-corrected chi connectivity index (χ3v) is 3.63. The summed E-state index contributed by atoms with van der Waals surface area (Å²) in [6.45, 7) is 0.221. The molecule has 134 valence electrons. The van der Waals surface area contributed by atoms with E-state index in [-0.39, 0.29) is 18.3 Å². The lowest BCUT2D eigenvalue weighted by atomic mass is 10.1. The standard InChI is InChI=1S/C18H15F2N3O3/c1-25-23(18(24)14-5-3-2-4-6-14)11-12-7-9-13(10-8-12)16-21-17(15(19)20)26-22-16/h2-10,15H,11H2,1H3. The number of rotatable bonds is 6. The second-order valence-corrected chi connectivity index (χ2v) is 5.34. The molecule has 0 atom stereocenters. The molecule has 6 nitrogen and oxygen atoms in total. The minimum absolute atomic E-state index is 0.0795. The van der Waals surface area contributed by atoms with Crippen molar-refractivity contribution in [2.45, 2.75) is 13.0 Å². The molecule has 3 aromatic rings. The number of carbonyl (C=O) groups excluding carboxylic acids is 1. The van der Waals surface area contributed by atoms with E-state index < -0.39 is 12.3 Å². The van der Waals surface area contributed by atoms with Crippen LogP contribution in [0, 0.1) is 0 Å². The van der Waals surface area contributed by atoms with E-state index in [9.17, 15) is 13.6 Å². The lowest BCUT2D eigenvalue weighted by molar-refractivity contribution is -0.102. The normalized spacial score (nSPS) is 10.9. The zero-order valence-electron chi connectivity index (χ0n) is 13.8. The van der Waals surface area contributed by atoms with Gasteiger partial charge in [-0.25, -0.2) is 5.06 Å². The van der Waals surface area contributed by atoms with Crippen molar-refractivity contribution in [2.24, 2.45) is 0 Å². The first-order valence-electron chi connectivity index (χ1n) is 7.70. The fourth-order valence-corrected chi connectivity index (χ4v) is 2.31. The van der Waals surface area contributed by atoms with Crippen LogP contribution in [0.1, 0.15) is 28.2 Å². The number of hydrogen-bond donors (Lipinski definition) is 0. The van der Waals surface area contributed by atoms with Crippen LogP contribution in [0.3, 0.4) is 0 Å². The molecule has 0 unspecified atom stereocenters. The number of hydrogen-bond acceptors (Lipinski definition) is 5. The Hall–Kier alpha value is -3.13. The van der Waals surface area contributed by atoms with E-state index >= 15 is 0 Å². The molecule has 0 fully saturated rings. The minimum atomic E-state index is -2.81. The van der Waals surface area contributed by atoms with Crippen LogP contribution in [-0.4, -0.2) is 28.2 Å². The van der Waals surface area contributed by atoms with E-state index in [1.54, 1.807) is 48.5 Å². The van der Waals surface area contributed by atoms with Crippen LogP contribution < -0.4 is 0 Å². The highest BCUT2D eigenvalue weighted by molar-refractivity contribution is 5.93. The van der Waals surface area contributed by atoms with Gasteiger partial charge < -0.3 is 4.52 Å². The van der Waals surface area contributed by atoms with Gasteiger partial charge in [-0.3, -0.25) is 9.63 Å². The van der Waals surface area contributed by atoms with Crippen LogP contribution in [0.25, 0.3) is 11.4 Å². The zero-order chi connectivity index (χ0) is 18.5. The number of halogens is 2. The Morgan fingerprint density at radius 1 is 1.15 bits per heavy atom. The first kappa shape index (κ1) is 17.7. The molecule has 2 aromatic carbocycles. The Bertz CT molecular complexity index is 867. The van der Waals surface area contributed by atoms with Crippen LogP contribution in [-0.2, 0) is 11.4 Å². The lowest BCUT2D eigenvalue weighted by Gasteiger charge is -2.19. The number of nitrogens with zero attached hydrogens (tertiary/aromatic N) is 3. The van der Waals surface area contributed by atoms with Crippen molar-refractivity contribution in [3.63, 3.8) is 0 Å². The van der Waals surface area contributed by atoms with E-state index in [1.807, 2.05) is 6.07 Å². The number of hydroxylamine groups is 2. The maximum atomic E-state index is 12.5. The van der Waals surface area contributed by atoms with Crippen LogP contribution in [0.4, 0.5) is 8.78 Å². The first-order valence-corrected chi connectivity index (χ1v) is 7.70. The second-order valence-electron chi connectivity index (χ2n) is 5.34. The van der Waals surface area contributed by atoms with Gasteiger partial charge in [-0.15, -0.1) is 0 Å². The second kappa shape index (κ2) is 7.83. The number of aromatic nitrogens is 2. The zero-order valence-corrected chi connectivity index (χ0v) is 13.8. The Balaban J connectivity index is 1.72. The van der Waals surface area contributed by atoms with Crippen molar-refractivity contribution in [2.75, 3.05) is 7.11 Å². The fraction of sp³-hybridized carbons (Fsp3) is 0.167.